The minimum Gasteiger partial charge on any atom is -0.326 e. The summed E-state index contributed by atoms with van der Waals surface area (Å²) in [4.78, 5) is 30.1. The van der Waals surface area contributed by atoms with E-state index in [-0.39, 0.29) is 11.5 Å². The minimum absolute atomic E-state index is 0.104. The van der Waals surface area contributed by atoms with E-state index in [4.69, 9.17) is 16.6 Å². The molecule has 0 saturated carbocycles. The van der Waals surface area contributed by atoms with Crippen LogP contribution in [0, 0.1) is 0 Å². The molecule has 4 rings (SSSR count). The van der Waals surface area contributed by atoms with Crippen molar-refractivity contribution in [2.45, 2.75) is 26.3 Å². The smallest absolute Gasteiger partial charge is 0.261 e. The van der Waals surface area contributed by atoms with Crippen LogP contribution in [0.3, 0.4) is 0 Å². The lowest BCUT2D eigenvalue weighted by molar-refractivity contribution is -0.115. The molecule has 4 aromatic rings. The van der Waals surface area contributed by atoms with Crippen LogP contribution in [0.5, 0.6) is 0 Å². The maximum absolute atomic E-state index is 13.5. The number of anilines is 1. The van der Waals surface area contributed by atoms with Gasteiger partial charge in [-0.05, 0) is 41.5 Å². The van der Waals surface area contributed by atoms with Crippen molar-refractivity contribution in [1.82, 2.24) is 9.55 Å². The second-order valence-electron chi connectivity index (χ2n) is 7.35. The highest BCUT2D eigenvalue weighted by molar-refractivity contribution is 6.30. The topological polar surface area (TPSA) is 64.0 Å². The van der Waals surface area contributed by atoms with Crippen molar-refractivity contribution in [2.75, 3.05) is 5.32 Å². The van der Waals surface area contributed by atoms with E-state index in [1.165, 1.54) is 0 Å². The average Bonchev–Trinajstić information content (AvgIpc) is 2.77. The maximum Gasteiger partial charge on any atom is 0.261 e. The van der Waals surface area contributed by atoms with Gasteiger partial charge in [0.1, 0.15) is 5.82 Å². The highest BCUT2D eigenvalue weighted by atomic mass is 35.5. The molecule has 5 nitrogen and oxygen atoms in total. The van der Waals surface area contributed by atoms with E-state index >= 15 is 0 Å². The molecule has 0 radical (unpaired) electrons. The van der Waals surface area contributed by atoms with Gasteiger partial charge in [0.05, 0.1) is 17.4 Å². The van der Waals surface area contributed by atoms with Crippen molar-refractivity contribution in [2.24, 2.45) is 0 Å². The van der Waals surface area contributed by atoms with Crippen LogP contribution < -0.4 is 10.9 Å². The molecule has 0 aliphatic carbocycles. The van der Waals surface area contributed by atoms with Gasteiger partial charge in [-0.3, -0.25) is 14.2 Å². The molecule has 0 aliphatic rings. The van der Waals surface area contributed by atoms with Gasteiger partial charge in [-0.15, -0.1) is 0 Å². The van der Waals surface area contributed by atoms with Gasteiger partial charge in [0.2, 0.25) is 5.91 Å². The third kappa shape index (κ3) is 4.84. The summed E-state index contributed by atoms with van der Waals surface area (Å²) in [7, 11) is 0. The molecule has 0 saturated heterocycles. The number of amides is 1. The number of halogens is 1. The van der Waals surface area contributed by atoms with E-state index in [1.807, 2.05) is 48.5 Å². The Morgan fingerprint density at radius 1 is 1.00 bits per heavy atom. The molecule has 31 heavy (non-hydrogen) atoms. The summed E-state index contributed by atoms with van der Waals surface area (Å²) in [5.74, 6) is 0.571. The number of aromatic nitrogens is 2. The Morgan fingerprint density at radius 3 is 2.52 bits per heavy atom. The highest BCUT2D eigenvalue weighted by Crippen LogP contribution is 2.19. The molecule has 0 aliphatic heterocycles. The summed E-state index contributed by atoms with van der Waals surface area (Å²) in [6.45, 7) is 2.14. The van der Waals surface area contributed by atoms with Gasteiger partial charge in [0.25, 0.3) is 5.56 Å². The second kappa shape index (κ2) is 9.14. The lowest BCUT2D eigenvalue weighted by Crippen LogP contribution is -2.26. The molecule has 1 heterocycles. The largest absolute Gasteiger partial charge is 0.326 e. The van der Waals surface area contributed by atoms with Crippen LogP contribution in [0.2, 0.25) is 5.02 Å². The first-order chi connectivity index (χ1) is 15.0. The van der Waals surface area contributed by atoms with Gasteiger partial charge in [-0.2, -0.15) is 0 Å². The molecular formula is C25H22ClN3O2. The van der Waals surface area contributed by atoms with Crippen molar-refractivity contribution >= 4 is 34.1 Å². The molecule has 0 spiro atoms. The Kier molecular flexibility index (Phi) is 6.14. The van der Waals surface area contributed by atoms with Crippen molar-refractivity contribution in [3.63, 3.8) is 0 Å². The molecule has 0 unspecified atom stereocenters. The minimum atomic E-state index is -0.150. The lowest BCUT2D eigenvalue weighted by Gasteiger charge is -2.15. The second-order valence-corrected chi connectivity index (χ2v) is 7.78. The Morgan fingerprint density at radius 2 is 1.77 bits per heavy atom. The summed E-state index contributed by atoms with van der Waals surface area (Å²) in [5.41, 5.74) is 3.03. The number of hydrogen-bond acceptors (Lipinski definition) is 3. The molecular weight excluding hydrogens is 410 g/mol. The Labute approximate surface area is 185 Å². The Hall–Kier alpha value is -3.44. The molecule has 0 atom stereocenters. The van der Waals surface area contributed by atoms with Gasteiger partial charge in [0.15, 0.2) is 0 Å². The zero-order valence-corrected chi connectivity index (χ0v) is 17.9. The standard InChI is InChI=1S/C25H22ClN3O2/c1-2-24(30)27-20-11-12-22-21(15-20)25(31)29(16-18-9-6-10-19(26)13-18)23(28-22)14-17-7-4-3-5-8-17/h3-13,15H,2,14,16H2,1H3,(H,27,30). The summed E-state index contributed by atoms with van der Waals surface area (Å²) in [5, 5.41) is 3.89. The van der Waals surface area contributed by atoms with E-state index in [0.29, 0.717) is 46.8 Å². The van der Waals surface area contributed by atoms with Gasteiger partial charge >= 0.3 is 0 Å². The van der Waals surface area contributed by atoms with Crippen LogP contribution in [0.15, 0.2) is 77.6 Å². The molecule has 6 heteroatoms. The summed E-state index contributed by atoms with van der Waals surface area (Å²) < 4.78 is 1.69. The van der Waals surface area contributed by atoms with Crippen molar-refractivity contribution < 1.29 is 4.79 Å². The molecule has 156 valence electrons. The summed E-state index contributed by atoms with van der Waals surface area (Å²) in [6, 6.07) is 22.6. The summed E-state index contributed by atoms with van der Waals surface area (Å²) in [6.07, 6.45) is 0.895. The third-order valence-corrected chi connectivity index (χ3v) is 5.31. The molecule has 1 N–H and O–H groups in total. The van der Waals surface area contributed by atoms with E-state index in [1.54, 1.807) is 35.8 Å². The highest BCUT2D eigenvalue weighted by Gasteiger charge is 2.14. The van der Waals surface area contributed by atoms with Crippen LogP contribution >= 0.6 is 11.6 Å². The molecule has 1 amide bonds. The number of hydrogen-bond donors (Lipinski definition) is 1. The van der Waals surface area contributed by atoms with E-state index in [9.17, 15) is 9.59 Å². The molecule has 3 aromatic carbocycles. The van der Waals surface area contributed by atoms with Crippen LogP contribution in [-0.2, 0) is 17.8 Å². The van der Waals surface area contributed by atoms with Crippen molar-refractivity contribution in [3.05, 3.63) is 105 Å². The number of benzene rings is 3. The number of rotatable bonds is 6. The summed E-state index contributed by atoms with van der Waals surface area (Å²) >= 11 is 6.16. The van der Waals surface area contributed by atoms with Crippen molar-refractivity contribution in [3.8, 4) is 0 Å². The molecule has 0 fully saturated rings. The van der Waals surface area contributed by atoms with Crippen molar-refractivity contribution in [1.29, 1.82) is 0 Å². The van der Waals surface area contributed by atoms with Gasteiger partial charge in [-0.25, -0.2) is 4.98 Å². The molecule has 0 bridgehead atoms. The first-order valence-corrected chi connectivity index (χ1v) is 10.5. The lowest BCUT2D eigenvalue weighted by atomic mass is 10.1. The van der Waals surface area contributed by atoms with Crippen LogP contribution in [-0.4, -0.2) is 15.5 Å². The number of nitrogens with zero attached hydrogens (tertiary/aromatic N) is 2. The van der Waals surface area contributed by atoms with Crippen LogP contribution in [0.4, 0.5) is 5.69 Å². The fourth-order valence-corrected chi connectivity index (χ4v) is 3.70. The predicted octanol–water partition coefficient (Wildman–Crippen LogP) is 5.04. The van der Waals surface area contributed by atoms with Crippen LogP contribution in [0.1, 0.15) is 30.3 Å². The van der Waals surface area contributed by atoms with E-state index in [2.05, 4.69) is 5.32 Å². The van der Waals surface area contributed by atoms with E-state index < -0.39 is 0 Å². The number of fused-ring (bicyclic) bond motifs is 1. The SMILES string of the molecule is CCC(=O)Nc1ccc2nc(Cc3ccccc3)n(Cc3cccc(Cl)c3)c(=O)c2c1. The predicted molar refractivity (Wildman–Crippen MR) is 125 cm³/mol. The fourth-order valence-electron chi connectivity index (χ4n) is 3.49. The average molecular weight is 432 g/mol. The number of carbonyl (C=O) groups excluding carboxylic acids is 1. The normalized spacial score (nSPS) is 10.9. The quantitative estimate of drug-likeness (QED) is 0.465. The van der Waals surface area contributed by atoms with Gasteiger partial charge in [0, 0.05) is 23.6 Å². The first-order valence-electron chi connectivity index (χ1n) is 10.1. The Balaban J connectivity index is 1.84. The van der Waals surface area contributed by atoms with Crippen LogP contribution in [0.25, 0.3) is 10.9 Å². The Bertz CT molecular complexity index is 1300. The van der Waals surface area contributed by atoms with Gasteiger partial charge in [-0.1, -0.05) is 61.0 Å². The maximum atomic E-state index is 13.5. The zero-order valence-electron chi connectivity index (χ0n) is 17.1. The monoisotopic (exact) mass is 431 g/mol. The number of carbonyl (C=O) groups is 1. The van der Waals surface area contributed by atoms with Gasteiger partial charge < -0.3 is 5.32 Å². The third-order valence-electron chi connectivity index (χ3n) is 5.07. The zero-order chi connectivity index (χ0) is 21.8. The first kappa shape index (κ1) is 20.8. The van der Waals surface area contributed by atoms with E-state index in [0.717, 1.165) is 11.1 Å². The number of nitrogens with one attached hydrogen (secondary N) is 1. The fraction of sp³-hybridized carbons (Fsp3) is 0.160. The molecule has 1 aromatic heterocycles.